The average Bonchev–Trinajstić information content (AvgIpc) is 3.45. The van der Waals surface area contributed by atoms with Crippen molar-refractivity contribution in [1.29, 1.82) is 5.26 Å². The van der Waals surface area contributed by atoms with Crippen molar-refractivity contribution >= 4 is 40.5 Å². The van der Waals surface area contributed by atoms with E-state index in [2.05, 4.69) is 36.5 Å². The zero-order chi connectivity index (χ0) is 22.5. The molecule has 11 heteroatoms. The van der Waals surface area contributed by atoms with Crippen LogP contribution in [0.3, 0.4) is 0 Å². The van der Waals surface area contributed by atoms with Crippen molar-refractivity contribution in [3.63, 3.8) is 0 Å². The zero-order valence-electron chi connectivity index (χ0n) is 16.9. The molecule has 0 saturated carbocycles. The molecule has 0 radical (unpaired) electrons. The fraction of sp³-hybridized carbons (Fsp3) is 0.190. The van der Waals surface area contributed by atoms with Crippen LogP contribution in [0.1, 0.15) is 12.0 Å². The summed E-state index contributed by atoms with van der Waals surface area (Å²) in [6.45, 7) is 1.31. The molecule has 0 saturated heterocycles. The van der Waals surface area contributed by atoms with Crippen LogP contribution >= 0.6 is 34.5 Å². The number of thiophene rings is 1. The lowest BCUT2D eigenvalue weighted by Gasteiger charge is -2.07. The summed E-state index contributed by atoms with van der Waals surface area (Å²) in [6, 6.07) is 9.26. The minimum atomic E-state index is 0.433. The number of H-pyrrole nitrogens is 1. The molecule has 32 heavy (non-hydrogen) atoms. The molecule has 8 nitrogen and oxygen atoms in total. The second kappa shape index (κ2) is 10.1. The van der Waals surface area contributed by atoms with Crippen molar-refractivity contribution in [2.75, 3.05) is 25.6 Å². The average molecular weight is 486 g/mol. The molecular weight excluding hydrogens is 469 g/mol. The van der Waals surface area contributed by atoms with Gasteiger partial charge in [0.15, 0.2) is 5.82 Å². The summed E-state index contributed by atoms with van der Waals surface area (Å²) in [5, 5.41) is 22.3. The number of nitrogens with zero attached hydrogens (tertiary/aromatic N) is 5. The summed E-state index contributed by atoms with van der Waals surface area (Å²) in [5.41, 5.74) is 2.38. The highest BCUT2D eigenvalue weighted by Gasteiger charge is 2.25. The van der Waals surface area contributed by atoms with E-state index in [0.717, 1.165) is 11.3 Å². The number of benzene rings is 1. The summed E-state index contributed by atoms with van der Waals surface area (Å²) in [7, 11) is 1.66. The summed E-state index contributed by atoms with van der Waals surface area (Å²) >= 11 is 14.0. The molecule has 0 unspecified atom stereocenters. The highest BCUT2D eigenvalue weighted by Crippen LogP contribution is 2.47. The van der Waals surface area contributed by atoms with Crippen LogP contribution in [0.25, 0.3) is 32.4 Å². The monoisotopic (exact) mass is 485 g/mol. The fourth-order valence-corrected chi connectivity index (χ4v) is 4.82. The quantitative estimate of drug-likeness (QED) is 0.326. The first-order valence-electron chi connectivity index (χ1n) is 9.57. The van der Waals surface area contributed by atoms with Gasteiger partial charge in [0.2, 0.25) is 5.95 Å². The standard InChI is InChI=1S/C21H17Cl2N7OS/c1-31-8-2-6-25-21-26-7-5-16(29-21)18-14(10-24)17(13-4-3-12(22)9-15(13)23)19(32-18)20-27-11-28-30-20/h3-5,7,9,11H,2,6,8H2,1H3,(H,25,26,29)(H,27,28,30). The molecule has 0 atom stereocenters. The molecule has 2 N–H and O–H groups in total. The predicted molar refractivity (Wildman–Crippen MR) is 126 cm³/mol. The summed E-state index contributed by atoms with van der Waals surface area (Å²) in [6.07, 6.45) is 3.97. The lowest BCUT2D eigenvalue weighted by Crippen LogP contribution is -2.07. The number of hydrogen-bond donors (Lipinski definition) is 2. The van der Waals surface area contributed by atoms with Gasteiger partial charge in [0.1, 0.15) is 12.4 Å². The Labute approximate surface area is 198 Å². The third-order valence-electron chi connectivity index (χ3n) is 4.55. The molecule has 0 aliphatic rings. The number of nitriles is 1. The number of nitrogens with one attached hydrogen (secondary N) is 2. The Morgan fingerprint density at radius 3 is 2.84 bits per heavy atom. The minimum Gasteiger partial charge on any atom is -0.385 e. The van der Waals surface area contributed by atoms with E-state index >= 15 is 0 Å². The largest absolute Gasteiger partial charge is 0.385 e. The molecule has 4 aromatic rings. The van der Waals surface area contributed by atoms with Crippen LogP contribution < -0.4 is 5.32 Å². The number of methoxy groups -OCH3 is 1. The highest BCUT2D eigenvalue weighted by molar-refractivity contribution is 7.19. The number of halogens is 2. The molecule has 1 aromatic carbocycles. The normalized spacial score (nSPS) is 10.8. The van der Waals surface area contributed by atoms with Crippen molar-refractivity contribution in [3.05, 3.63) is 52.4 Å². The first-order valence-corrected chi connectivity index (χ1v) is 11.1. The maximum absolute atomic E-state index is 10.1. The molecule has 0 aliphatic heterocycles. The molecular formula is C21H17Cl2N7OS. The predicted octanol–water partition coefficient (Wildman–Crippen LogP) is 5.28. The van der Waals surface area contributed by atoms with Crippen LogP contribution in [0.4, 0.5) is 5.95 Å². The smallest absolute Gasteiger partial charge is 0.223 e. The van der Waals surface area contributed by atoms with Crippen molar-refractivity contribution in [3.8, 4) is 38.5 Å². The van der Waals surface area contributed by atoms with Crippen LogP contribution in [-0.4, -0.2) is 45.4 Å². The van der Waals surface area contributed by atoms with Gasteiger partial charge in [0.25, 0.3) is 0 Å². The van der Waals surface area contributed by atoms with Crippen molar-refractivity contribution in [2.45, 2.75) is 6.42 Å². The van der Waals surface area contributed by atoms with E-state index in [-0.39, 0.29) is 0 Å². The lowest BCUT2D eigenvalue weighted by atomic mass is 9.99. The Bertz CT molecular complexity index is 1270. The maximum atomic E-state index is 10.1. The van der Waals surface area contributed by atoms with Gasteiger partial charge in [-0.2, -0.15) is 5.26 Å². The Kier molecular flexibility index (Phi) is 6.97. The van der Waals surface area contributed by atoms with Gasteiger partial charge < -0.3 is 15.0 Å². The minimum absolute atomic E-state index is 0.433. The van der Waals surface area contributed by atoms with Gasteiger partial charge in [0, 0.05) is 47.6 Å². The lowest BCUT2D eigenvalue weighted by molar-refractivity contribution is 0.197. The Morgan fingerprint density at radius 1 is 1.25 bits per heavy atom. The SMILES string of the molecule is COCCCNc1nccc(-c2sc(-c3nnc[nH]3)c(-c3ccc(Cl)cc3Cl)c2C#N)n1. The van der Waals surface area contributed by atoms with E-state index in [4.69, 9.17) is 27.9 Å². The molecule has 0 bridgehead atoms. The summed E-state index contributed by atoms with van der Waals surface area (Å²) in [5.74, 6) is 1.01. The summed E-state index contributed by atoms with van der Waals surface area (Å²) in [4.78, 5) is 13.3. The van der Waals surface area contributed by atoms with Gasteiger partial charge >= 0.3 is 0 Å². The van der Waals surface area contributed by atoms with E-state index in [9.17, 15) is 5.26 Å². The van der Waals surface area contributed by atoms with Crippen LogP contribution in [-0.2, 0) is 4.74 Å². The van der Waals surface area contributed by atoms with Crippen LogP contribution in [0.5, 0.6) is 0 Å². The number of ether oxygens (including phenoxy) is 1. The van der Waals surface area contributed by atoms with E-state index < -0.39 is 0 Å². The van der Waals surface area contributed by atoms with Crippen LogP contribution in [0.15, 0.2) is 36.8 Å². The molecule has 162 valence electrons. The van der Waals surface area contributed by atoms with E-state index in [1.165, 1.54) is 17.7 Å². The number of anilines is 1. The van der Waals surface area contributed by atoms with Crippen LogP contribution in [0, 0.1) is 11.3 Å². The number of aromatic amines is 1. The van der Waals surface area contributed by atoms with Gasteiger partial charge in [-0.25, -0.2) is 9.97 Å². The second-order valence-corrected chi connectivity index (χ2v) is 8.49. The first-order chi connectivity index (χ1) is 15.6. The molecule has 3 aromatic heterocycles. The number of rotatable bonds is 8. The zero-order valence-corrected chi connectivity index (χ0v) is 19.2. The highest BCUT2D eigenvalue weighted by atomic mass is 35.5. The number of aromatic nitrogens is 5. The summed E-state index contributed by atoms with van der Waals surface area (Å²) < 4.78 is 5.07. The topological polar surface area (TPSA) is 112 Å². The van der Waals surface area contributed by atoms with E-state index in [1.54, 1.807) is 37.6 Å². The third kappa shape index (κ3) is 4.59. The second-order valence-electron chi connectivity index (χ2n) is 6.62. The van der Waals surface area contributed by atoms with Gasteiger partial charge in [0.05, 0.1) is 21.0 Å². The molecule has 0 aliphatic carbocycles. The van der Waals surface area contributed by atoms with Crippen molar-refractivity contribution in [2.24, 2.45) is 0 Å². The maximum Gasteiger partial charge on any atom is 0.223 e. The van der Waals surface area contributed by atoms with Crippen LogP contribution in [0.2, 0.25) is 10.0 Å². The number of hydrogen-bond acceptors (Lipinski definition) is 8. The first kappa shape index (κ1) is 22.2. The molecule has 0 fully saturated rings. The molecule has 4 rings (SSSR count). The van der Waals surface area contributed by atoms with Gasteiger partial charge in [-0.1, -0.05) is 29.3 Å². The van der Waals surface area contributed by atoms with Gasteiger partial charge in [-0.05, 0) is 24.6 Å². The van der Waals surface area contributed by atoms with Crippen molar-refractivity contribution < 1.29 is 4.74 Å². The third-order valence-corrected chi connectivity index (χ3v) is 6.32. The van der Waals surface area contributed by atoms with Gasteiger partial charge in [-0.15, -0.1) is 21.5 Å². The van der Waals surface area contributed by atoms with Crippen molar-refractivity contribution in [1.82, 2.24) is 25.1 Å². The van der Waals surface area contributed by atoms with E-state index in [0.29, 0.717) is 62.2 Å². The Balaban J connectivity index is 1.83. The Hall–Kier alpha value is -3.03. The molecule has 0 amide bonds. The Morgan fingerprint density at radius 2 is 2.12 bits per heavy atom. The van der Waals surface area contributed by atoms with Gasteiger partial charge in [-0.3, -0.25) is 0 Å². The fourth-order valence-electron chi connectivity index (χ4n) is 3.14. The molecule has 0 spiro atoms. The van der Waals surface area contributed by atoms with E-state index in [1.807, 2.05) is 0 Å². The molecule has 3 heterocycles.